The van der Waals surface area contributed by atoms with E-state index in [1.165, 1.54) is 4.90 Å². The number of likely N-dealkylation sites (tertiary alicyclic amines) is 1. The minimum absolute atomic E-state index is 0.145. The third-order valence-electron chi connectivity index (χ3n) is 3.42. The van der Waals surface area contributed by atoms with E-state index in [1.807, 2.05) is 6.07 Å². The zero-order chi connectivity index (χ0) is 13.7. The van der Waals surface area contributed by atoms with Crippen molar-refractivity contribution in [2.24, 2.45) is 0 Å². The van der Waals surface area contributed by atoms with Crippen molar-refractivity contribution in [1.82, 2.24) is 9.88 Å². The van der Waals surface area contributed by atoms with Gasteiger partial charge < -0.3 is 10.0 Å². The monoisotopic (exact) mass is 262 g/mol. The van der Waals surface area contributed by atoms with Crippen LogP contribution in [0.5, 0.6) is 0 Å². The van der Waals surface area contributed by atoms with Crippen molar-refractivity contribution in [1.29, 1.82) is 0 Å². The Morgan fingerprint density at radius 2 is 2.16 bits per heavy atom. The number of pyridine rings is 1. The summed E-state index contributed by atoms with van der Waals surface area (Å²) in [7, 11) is 0. The average Bonchev–Trinajstić information content (AvgIpc) is 2.65. The van der Waals surface area contributed by atoms with Gasteiger partial charge in [0.1, 0.15) is 6.04 Å². The van der Waals surface area contributed by atoms with Gasteiger partial charge in [0.2, 0.25) is 5.91 Å². The Hall–Kier alpha value is -1.91. The summed E-state index contributed by atoms with van der Waals surface area (Å²) in [5.74, 6) is -1.05. The van der Waals surface area contributed by atoms with Crippen molar-refractivity contribution in [2.45, 2.75) is 38.1 Å². The predicted octanol–water partition coefficient (Wildman–Crippen LogP) is 1.48. The van der Waals surface area contributed by atoms with Crippen LogP contribution in [0.15, 0.2) is 24.4 Å². The number of rotatable bonds is 3. The summed E-state index contributed by atoms with van der Waals surface area (Å²) in [6.45, 7) is 0.530. The maximum atomic E-state index is 12.3. The van der Waals surface area contributed by atoms with Crippen molar-refractivity contribution >= 4 is 11.9 Å². The summed E-state index contributed by atoms with van der Waals surface area (Å²) < 4.78 is 0. The van der Waals surface area contributed by atoms with Crippen LogP contribution in [0, 0.1) is 0 Å². The summed E-state index contributed by atoms with van der Waals surface area (Å²) in [6.07, 6.45) is 5.08. The fourth-order valence-electron chi connectivity index (χ4n) is 2.42. The average molecular weight is 262 g/mol. The van der Waals surface area contributed by atoms with Gasteiger partial charge in [-0.1, -0.05) is 18.9 Å². The zero-order valence-electron chi connectivity index (χ0n) is 10.8. The van der Waals surface area contributed by atoms with Crippen LogP contribution in [-0.4, -0.2) is 39.5 Å². The third kappa shape index (κ3) is 3.53. The number of hydrogen-bond acceptors (Lipinski definition) is 3. The molecule has 1 N–H and O–H groups in total. The molecule has 1 unspecified atom stereocenters. The number of carbonyl (C=O) groups excluding carboxylic acids is 1. The van der Waals surface area contributed by atoms with Crippen LogP contribution < -0.4 is 0 Å². The molecule has 1 fully saturated rings. The van der Waals surface area contributed by atoms with E-state index in [0.717, 1.165) is 19.3 Å². The molecule has 0 radical (unpaired) electrons. The molecule has 1 aliphatic heterocycles. The van der Waals surface area contributed by atoms with E-state index in [4.69, 9.17) is 0 Å². The lowest BCUT2D eigenvalue weighted by Gasteiger charge is -2.26. The largest absolute Gasteiger partial charge is 0.480 e. The minimum atomic E-state index is -0.906. The summed E-state index contributed by atoms with van der Waals surface area (Å²) in [5, 5.41) is 9.24. The Bertz CT molecular complexity index is 447. The van der Waals surface area contributed by atoms with Crippen molar-refractivity contribution in [2.75, 3.05) is 6.54 Å². The smallest absolute Gasteiger partial charge is 0.326 e. The van der Waals surface area contributed by atoms with Crippen molar-refractivity contribution < 1.29 is 14.7 Å². The molecule has 1 aromatic heterocycles. The Labute approximate surface area is 112 Å². The molecular formula is C14H18N2O3. The van der Waals surface area contributed by atoms with Gasteiger partial charge in [-0.2, -0.15) is 0 Å². The molecule has 19 heavy (non-hydrogen) atoms. The van der Waals surface area contributed by atoms with Crippen LogP contribution in [0.2, 0.25) is 0 Å². The first kappa shape index (κ1) is 13.5. The van der Waals surface area contributed by atoms with Crippen LogP contribution in [0.3, 0.4) is 0 Å². The molecule has 1 aliphatic rings. The van der Waals surface area contributed by atoms with Gasteiger partial charge in [0.15, 0.2) is 0 Å². The lowest BCUT2D eigenvalue weighted by atomic mass is 10.1. The second-order valence-corrected chi connectivity index (χ2v) is 4.79. The van der Waals surface area contributed by atoms with Crippen LogP contribution in [0.25, 0.3) is 0 Å². The maximum Gasteiger partial charge on any atom is 0.326 e. The number of nitrogens with zero attached hydrogens (tertiary/aromatic N) is 2. The number of carboxylic acid groups (broad SMARTS) is 1. The lowest BCUT2D eigenvalue weighted by molar-refractivity contribution is -0.150. The van der Waals surface area contributed by atoms with Crippen LogP contribution >= 0.6 is 0 Å². The summed E-state index contributed by atoms with van der Waals surface area (Å²) in [6, 6.07) is 4.72. The lowest BCUT2D eigenvalue weighted by Crippen LogP contribution is -2.45. The number of amides is 1. The molecule has 0 bridgehead atoms. The quantitative estimate of drug-likeness (QED) is 0.895. The Morgan fingerprint density at radius 3 is 2.84 bits per heavy atom. The molecule has 0 spiro atoms. The highest BCUT2D eigenvalue weighted by atomic mass is 16.4. The van der Waals surface area contributed by atoms with Gasteiger partial charge in [-0.15, -0.1) is 0 Å². The Balaban J connectivity index is 2.08. The molecule has 0 aromatic carbocycles. The van der Waals surface area contributed by atoms with E-state index in [-0.39, 0.29) is 12.3 Å². The van der Waals surface area contributed by atoms with E-state index in [1.54, 1.807) is 18.3 Å². The van der Waals surface area contributed by atoms with Crippen molar-refractivity contribution in [3.05, 3.63) is 30.1 Å². The molecule has 1 amide bonds. The number of hydrogen-bond donors (Lipinski definition) is 1. The molecule has 0 aliphatic carbocycles. The van der Waals surface area contributed by atoms with Gasteiger partial charge in [-0.05, 0) is 25.0 Å². The summed E-state index contributed by atoms with van der Waals surface area (Å²) >= 11 is 0. The zero-order valence-corrected chi connectivity index (χ0v) is 10.8. The highest BCUT2D eigenvalue weighted by molar-refractivity contribution is 5.84. The SMILES string of the molecule is O=C(O)C1CCCCCN1C(=O)Cc1ccccn1. The van der Waals surface area contributed by atoms with Gasteiger partial charge in [0.05, 0.1) is 6.42 Å². The second kappa shape index (κ2) is 6.31. The third-order valence-corrected chi connectivity index (χ3v) is 3.42. The minimum Gasteiger partial charge on any atom is -0.480 e. The van der Waals surface area contributed by atoms with E-state index >= 15 is 0 Å². The first-order chi connectivity index (χ1) is 9.18. The maximum absolute atomic E-state index is 12.3. The van der Waals surface area contributed by atoms with Gasteiger partial charge in [0.25, 0.3) is 0 Å². The highest BCUT2D eigenvalue weighted by Crippen LogP contribution is 2.18. The normalized spacial score (nSPS) is 19.8. The molecule has 102 valence electrons. The van der Waals surface area contributed by atoms with Crippen molar-refractivity contribution in [3.8, 4) is 0 Å². The number of carbonyl (C=O) groups is 2. The second-order valence-electron chi connectivity index (χ2n) is 4.79. The molecule has 0 saturated carbocycles. The van der Waals surface area contributed by atoms with E-state index in [9.17, 15) is 14.7 Å². The molecule has 2 rings (SSSR count). The fraction of sp³-hybridized carbons (Fsp3) is 0.500. The van der Waals surface area contributed by atoms with Gasteiger partial charge in [-0.3, -0.25) is 9.78 Å². The molecule has 2 heterocycles. The topological polar surface area (TPSA) is 70.5 Å². The number of aromatic nitrogens is 1. The molecule has 1 saturated heterocycles. The van der Waals surface area contributed by atoms with E-state index in [2.05, 4.69) is 4.98 Å². The molecular weight excluding hydrogens is 244 g/mol. The Kier molecular flexibility index (Phi) is 4.49. The standard InChI is InChI=1S/C14H18N2O3/c17-13(10-11-6-3-4-8-15-11)16-9-5-1-2-7-12(16)14(18)19/h3-4,6,8,12H,1-2,5,7,9-10H2,(H,18,19). The van der Waals surface area contributed by atoms with Crippen LogP contribution in [-0.2, 0) is 16.0 Å². The van der Waals surface area contributed by atoms with Gasteiger partial charge >= 0.3 is 5.97 Å². The van der Waals surface area contributed by atoms with Gasteiger partial charge in [-0.25, -0.2) is 4.79 Å². The number of carboxylic acids is 1. The van der Waals surface area contributed by atoms with E-state index in [0.29, 0.717) is 18.7 Å². The van der Waals surface area contributed by atoms with E-state index < -0.39 is 12.0 Å². The van der Waals surface area contributed by atoms with Crippen LogP contribution in [0.1, 0.15) is 31.4 Å². The Morgan fingerprint density at radius 1 is 1.32 bits per heavy atom. The summed E-state index contributed by atoms with van der Waals surface area (Å²) in [4.78, 5) is 29.1. The van der Waals surface area contributed by atoms with Gasteiger partial charge in [0, 0.05) is 18.4 Å². The first-order valence-electron chi connectivity index (χ1n) is 6.60. The predicted molar refractivity (Wildman–Crippen MR) is 69.5 cm³/mol. The molecule has 5 heteroatoms. The summed E-state index contributed by atoms with van der Waals surface area (Å²) in [5.41, 5.74) is 0.681. The molecule has 5 nitrogen and oxygen atoms in total. The molecule has 1 aromatic rings. The fourth-order valence-corrected chi connectivity index (χ4v) is 2.42. The first-order valence-corrected chi connectivity index (χ1v) is 6.60. The van der Waals surface area contributed by atoms with Crippen LogP contribution in [0.4, 0.5) is 0 Å². The molecule has 1 atom stereocenters. The van der Waals surface area contributed by atoms with Crippen molar-refractivity contribution in [3.63, 3.8) is 0 Å². The number of aliphatic carboxylic acids is 1. The highest BCUT2D eigenvalue weighted by Gasteiger charge is 2.30.